The molecule has 30 heavy (non-hydrogen) atoms. The van der Waals surface area contributed by atoms with E-state index >= 15 is 0 Å². The van der Waals surface area contributed by atoms with Gasteiger partial charge in [-0.2, -0.15) is 0 Å². The van der Waals surface area contributed by atoms with Crippen LogP contribution in [0.15, 0.2) is 70.9 Å². The SMILES string of the molecule is O=C1C2=C(CCN(Cc3ccccc3)C2)N2CCCN=C2N1Cc1cccc(Cl)c1. The van der Waals surface area contributed by atoms with Crippen molar-refractivity contribution in [2.45, 2.75) is 25.9 Å². The predicted octanol–water partition coefficient (Wildman–Crippen LogP) is 3.90. The third-order valence-corrected chi connectivity index (χ3v) is 6.21. The summed E-state index contributed by atoms with van der Waals surface area (Å²) in [7, 11) is 0. The van der Waals surface area contributed by atoms with Crippen LogP contribution in [-0.4, -0.2) is 52.7 Å². The van der Waals surface area contributed by atoms with Crippen LogP contribution in [0, 0.1) is 0 Å². The summed E-state index contributed by atoms with van der Waals surface area (Å²) in [4.78, 5) is 24.8. The molecule has 2 aromatic carbocycles. The molecule has 5 nitrogen and oxygen atoms in total. The standard InChI is InChI=1S/C24H25ClN4O/c25-20-9-4-8-19(14-20)16-29-23(30)21-17-27(15-18-6-2-1-3-7-18)13-10-22(21)28-12-5-11-26-24(28)29/h1-4,6-9,14H,5,10-13,15-17H2. The Labute approximate surface area is 182 Å². The summed E-state index contributed by atoms with van der Waals surface area (Å²) in [5, 5.41) is 0.686. The fourth-order valence-electron chi connectivity index (χ4n) is 4.57. The van der Waals surface area contributed by atoms with Crippen LogP contribution in [0.2, 0.25) is 5.02 Å². The lowest BCUT2D eigenvalue weighted by atomic mass is 9.99. The summed E-state index contributed by atoms with van der Waals surface area (Å²) in [6.07, 6.45) is 1.91. The number of halogens is 1. The van der Waals surface area contributed by atoms with Crippen LogP contribution < -0.4 is 0 Å². The van der Waals surface area contributed by atoms with Gasteiger partial charge in [-0.15, -0.1) is 0 Å². The van der Waals surface area contributed by atoms with Crippen LogP contribution in [0.25, 0.3) is 0 Å². The van der Waals surface area contributed by atoms with Crippen molar-refractivity contribution in [1.82, 2.24) is 14.7 Å². The lowest BCUT2D eigenvalue weighted by Crippen LogP contribution is -2.56. The maximum absolute atomic E-state index is 13.6. The molecule has 0 N–H and O–H groups in total. The second-order valence-electron chi connectivity index (χ2n) is 8.08. The molecule has 0 aromatic heterocycles. The summed E-state index contributed by atoms with van der Waals surface area (Å²) >= 11 is 6.18. The molecule has 0 fully saturated rings. The van der Waals surface area contributed by atoms with Gasteiger partial charge in [-0.1, -0.05) is 54.1 Å². The molecule has 0 aliphatic carbocycles. The Bertz CT molecular complexity index is 1020. The smallest absolute Gasteiger partial charge is 0.259 e. The zero-order chi connectivity index (χ0) is 20.5. The molecule has 154 valence electrons. The first-order valence-corrected chi connectivity index (χ1v) is 10.9. The van der Waals surface area contributed by atoms with Crippen molar-refractivity contribution in [3.63, 3.8) is 0 Å². The highest BCUT2D eigenvalue weighted by molar-refractivity contribution is 6.30. The number of nitrogens with zero attached hydrogens (tertiary/aromatic N) is 4. The first kappa shape index (κ1) is 19.3. The summed E-state index contributed by atoms with van der Waals surface area (Å²) in [6, 6.07) is 18.2. The van der Waals surface area contributed by atoms with E-state index in [0.29, 0.717) is 18.1 Å². The van der Waals surface area contributed by atoms with Crippen LogP contribution in [0.3, 0.4) is 0 Å². The number of carbonyl (C=O) groups is 1. The monoisotopic (exact) mass is 420 g/mol. The Hall–Kier alpha value is -2.63. The third-order valence-electron chi connectivity index (χ3n) is 5.98. The van der Waals surface area contributed by atoms with Gasteiger partial charge in [0.2, 0.25) is 5.96 Å². The zero-order valence-electron chi connectivity index (χ0n) is 16.9. The first-order chi connectivity index (χ1) is 14.7. The van der Waals surface area contributed by atoms with Gasteiger partial charge in [0.25, 0.3) is 5.91 Å². The molecule has 0 unspecified atom stereocenters. The lowest BCUT2D eigenvalue weighted by Gasteiger charge is -2.45. The number of fused-ring (bicyclic) bond motifs is 2. The van der Waals surface area contributed by atoms with E-state index in [0.717, 1.165) is 56.1 Å². The molecule has 6 heteroatoms. The van der Waals surface area contributed by atoms with Gasteiger partial charge >= 0.3 is 0 Å². The largest absolute Gasteiger partial charge is 0.315 e. The molecule has 1 amide bonds. The predicted molar refractivity (Wildman–Crippen MR) is 119 cm³/mol. The average molecular weight is 421 g/mol. The molecule has 3 aliphatic rings. The fraction of sp³-hybridized carbons (Fsp3) is 0.333. The zero-order valence-corrected chi connectivity index (χ0v) is 17.7. The average Bonchev–Trinajstić information content (AvgIpc) is 2.77. The molecule has 2 aromatic rings. The fourth-order valence-corrected chi connectivity index (χ4v) is 4.78. The molecule has 0 bridgehead atoms. The molecule has 0 saturated heterocycles. The van der Waals surface area contributed by atoms with E-state index in [1.165, 1.54) is 11.3 Å². The number of rotatable bonds is 4. The Morgan fingerprint density at radius 1 is 0.967 bits per heavy atom. The minimum Gasteiger partial charge on any atom is -0.315 e. The first-order valence-electron chi connectivity index (χ1n) is 10.6. The van der Waals surface area contributed by atoms with Crippen LogP contribution in [0.5, 0.6) is 0 Å². The van der Waals surface area contributed by atoms with Gasteiger partial charge in [-0.25, -0.2) is 0 Å². The minimum absolute atomic E-state index is 0.0830. The maximum Gasteiger partial charge on any atom is 0.259 e. The molecule has 5 rings (SSSR count). The Morgan fingerprint density at radius 3 is 2.63 bits per heavy atom. The molecular weight excluding hydrogens is 396 g/mol. The highest BCUT2D eigenvalue weighted by atomic mass is 35.5. The van der Waals surface area contributed by atoms with Gasteiger partial charge in [-0.3, -0.25) is 19.6 Å². The highest BCUT2D eigenvalue weighted by Gasteiger charge is 2.40. The van der Waals surface area contributed by atoms with E-state index < -0.39 is 0 Å². The summed E-state index contributed by atoms with van der Waals surface area (Å²) in [5.74, 6) is 0.890. The van der Waals surface area contributed by atoms with E-state index in [1.54, 1.807) is 0 Å². The van der Waals surface area contributed by atoms with Crippen molar-refractivity contribution < 1.29 is 4.79 Å². The molecule has 3 aliphatic heterocycles. The van der Waals surface area contributed by atoms with Crippen molar-refractivity contribution in [3.8, 4) is 0 Å². The van der Waals surface area contributed by atoms with Gasteiger partial charge in [0.1, 0.15) is 0 Å². The number of carbonyl (C=O) groups excluding carboxylic acids is 1. The highest BCUT2D eigenvalue weighted by Crippen LogP contribution is 2.32. The van der Waals surface area contributed by atoms with Crippen LogP contribution >= 0.6 is 11.6 Å². The normalized spacial score (nSPS) is 19.5. The van der Waals surface area contributed by atoms with E-state index in [-0.39, 0.29) is 5.91 Å². The molecule has 0 radical (unpaired) electrons. The van der Waals surface area contributed by atoms with Crippen molar-refractivity contribution in [2.75, 3.05) is 26.2 Å². The van der Waals surface area contributed by atoms with Crippen molar-refractivity contribution in [3.05, 3.63) is 82.0 Å². The van der Waals surface area contributed by atoms with Crippen LogP contribution in [0.1, 0.15) is 24.0 Å². The van der Waals surface area contributed by atoms with E-state index in [1.807, 2.05) is 35.2 Å². The van der Waals surface area contributed by atoms with Crippen LogP contribution in [0.4, 0.5) is 0 Å². The Morgan fingerprint density at radius 2 is 1.80 bits per heavy atom. The summed E-state index contributed by atoms with van der Waals surface area (Å²) in [6.45, 7) is 4.69. The number of hydrogen-bond acceptors (Lipinski definition) is 4. The number of amides is 1. The topological polar surface area (TPSA) is 39.2 Å². The second-order valence-corrected chi connectivity index (χ2v) is 8.52. The van der Waals surface area contributed by atoms with E-state index in [4.69, 9.17) is 16.6 Å². The third kappa shape index (κ3) is 3.75. The lowest BCUT2D eigenvalue weighted by molar-refractivity contribution is -0.125. The molecular formula is C24H25ClN4O. The van der Waals surface area contributed by atoms with Gasteiger partial charge < -0.3 is 4.90 Å². The Balaban J connectivity index is 1.43. The van der Waals surface area contributed by atoms with Crippen molar-refractivity contribution in [2.24, 2.45) is 4.99 Å². The molecule has 3 heterocycles. The van der Waals surface area contributed by atoms with E-state index in [9.17, 15) is 4.79 Å². The van der Waals surface area contributed by atoms with Gasteiger partial charge in [0, 0.05) is 49.9 Å². The number of hydrogen-bond donors (Lipinski definition) is 0. The van der Waals surface area contributed by atoms with Crippen molar-refractivity contribution >= 4 is 23.5 Å². The van der Waals surface area contributed by atoms with Gasteiger partial charge in [-0.05, 0) is 29.7 Å². The quantitative estimate of drug-likeness (QED) is 0.752. The van der Waals surface area contributed by atoms with E-state index in [2.05, 4.69) is 34.1 Å². The number of aliphatic imine (C=N–C) groups is 1. The second kappa shape index (κ2) is 8.25. The maximum atomic E-state index is 13.6. The number of benzene rings is 2. The number of guanidine groups is 1. The van der Waals surface area contributed by atoms with Crippen molar-refractivity contribution in [1.29, 1.82) is 0 Å². The van der Waals surface area contributed by atoms with Gasteiger partial charge in [0.05, 0.1) is 12.1 Å². The summed E-state index contributed by atoms with van der Waals surface area (Å²) in [5.41, 5.74) is 4.39. The van der Waals surface area contributed by atoms with Crippen LogP contribution in [-0.2, 0) is 17.9 Å². The Kier molecular flexibility index (Phi) is 5.32. The molecule has 0 atom stereocenters. The summed E-state index contributed by atoms with van der Waals surface area (Å²) < 4.78 is 0. The minimum atomic E-state index is 0.0830. The van der Waals surface area contributed by atoms with Gasteiger partial charge in [0.15, 0.2) is 0 Å². The molecule has 0 saturated carbocycles. The molecule has 0 spiro atoms.